The van der Waals surface area contributed by atoms with Gasteiger partial charge in [-0.15, -0.1) is 0 Å². The predicted octanol–water partition coefficient (Wildman–Crippen LogP) is 1.99. The summed E-state index contributed by atoms with van der Waals surface area (Å²) in [4.78, 5) is 2.51. The summed E-state index contributed by atoms with van der Waals surface area (Å²) in [6, 6.07) is 0.640. The molecule has 78 valence electrons. The van der Waals surface area contributed by atoms with Crippen LogP contribution in [0.2, 0.25) is 0 Å². The van der Waals surface area contributed by atoms with Crippen molar-refractivity contribution in [3.05, 3.63) is 0 Å². The van der Waals surface area contributed by atoms with Crippen molar-refractivity contribution >= 4 is 0 Å². The average Bonchev–Trinajstić information content (AvgIpc) is 2.00. The Kier molecular flexibility index (Phi) is 3.74. The molecule has 0 aromatic heterocycles. The largest absolute Gasteiger partial charge is 0.324 e. The van der Waals surface area contributed by atoms with E-state index in [1.54, 1.807) is 0 Å². The second-order valence-electron chi connectivity index (χ2n) is 4.78. The normalized spacial score (nSPS) is 20.8. The van der Waals surface area contributed by atoms with E-state index in [1.807, 2.05) is 0 Å². The second-order valence-corrected chi connectivity index (χ2v) is 4.78. The third kappa shape index (κ3) is 2.96. The highest BCUT2D eigenvalue weighted by Crippen LogP contribution is 2.30. The van der Waals surface area contributed by atoms with Gasteiger partial charge in [-0.3, -0.25) is 4.90 Å². The molecule has 0 aromatic carbocycles. The Balaban J connectivity index is 2.37. The zero-order valence-electron chi connectivity index (χ0n) is 9.34. The van der Waals surface area contributed by atoms with Crippen LogP contribution in [0.25, 0.3) is 0 Å². The number of hydrogen-bond acceptors (Lipinski definition) is 2. The van der Waals surface area contributed by atoms with E-state index in [9.17, 15) is 0 Å². The molecule has 1 aliphatic rings. The Morgan fingerprint density at radius 3 is 2.31 bits per heavy atom. The van der Waals surface area contributed by atoms with E-state index in [0.717, 1.165) is 6.54 Å². The molecule has 13 heavy (non-hydrogen) atoms. The topological polar surface area (TPSA) is 29.3 Å². The smallest absolute Gasteiger partial charge is 0.0283 e. The van der Waals surface area contributed by atoms with E-state index in [1.165, 1.54) is 32.2 Å². The summed E-state index contributed by atoms with van der Waals surface area (Å²) in [5.41, 5.74) is 6.38. The van der Waals surface area contributed by atoms with E-state index in [-0.39, 0.29) is 5.54 Å². The van der Waals surface area contributed by atoms with Gasteiger partial charge < -0.3 is 5.73 Å². The molecule has 1 saturated carbocycles. The average molecular weight is 184 g/mol. The van der Waals surface area contributed by atoms with Gasteiger partial charge in [-0.25, -0.2) is 0 Å². The Morgan fingerprint density at radius 1 is 1.38 bits per heavy atom. The Labute approximate surface area is 82.5 Å². The van der Waals surface area contributed by atoms with Crippen LogP contribution in [0.4, 0.5) is 0 Å². The molecule has 2 heteroatoms. The Hall–Kier alpha value is -0.0800. The summed E-state index contributed by atoms with van der Waals surface area (Å²) < 4.78 is 0. The van der Waals surface area contributed by atoms with Crippen molar-refractivity contribution in [1.29, 1.82) is 0 Å². The SMILES string of the molecule is CCCN(CC1(N)CCC1)C(C)C. The summed E-state index contributed by atoms with van der Waals surface area (Å²) in [6.07, 6.45) is 5.00. The van der Waals surface area contributed by atoms with Gasteiger partial charge in [0.1, 0.15) is 0 Å². The summed E-state index contributed by atoms with van der Waals surface area (Å²) in [5, 5.41) is 0. The van der Waals surface area contributed by atoms with Crippen LogP contribution in [0.3, 0.4) is 0 Å². The van der Waals surface area contributed by atoms with Crippen molar-refractivity contribution in [2.45, 2.75) is 58.0 Å². The lowest BCUT2D eigenvalue weighted by Gasteiger charge is -2.43. The molecule has 0 aliphatic heterocycles. The Morgan fingerprint density at radius 2 is 2.00 bits per heavy atom. The maximum atomic E-state index is 6.23. The molecular weight excluding hydrogens is 160 g/mol. The van der Waals surface area contributed by atoms with Crippen LogP contribution in [-0.4, -0.2) is 29.6 Å². The summed E-state index contributed by atoms with van der Waals surface area (Å²) in [7, 11) is 0. The van der Waals surface area contributed by atoms with Gasteiger partial charge in [0, 0.05) is 18.1 Å². The minimum absolute atomic E-state index is 0.152. The van der Waals surface area contributed by atoms with E-state index in [4.69, 9.17) is 5.73 Å². The fraction of sp³-hybridized carbons (Fsp3) is 1.00. The van der Waals surface area contributed by atoms with Crippen molar-refractivity contribution in [1.82, 2.24) is 4.90 Å². The summed E-state index contributed by atoms with van der Waals surface area (Å²) >= 11 is 0. The molecule has 0 saturated heterocycles. The number of nitrogens with zero attached hydrogens (tertiary/aromatic N) is 1. The van der Waals surface area contributed by atoms with Crippen molar-refractivity contribution in [2.24, 2.45) is 5.73 Å². The van der Waals surface area contributed by atoms with E-state index in [0.29, 0.717) is 6.04 Å². The van der Waals surface area contributed by atoms with Gasteiger partial charge in [-0.2, -0.15) is 0 Å². The molecule has 0 unspecified atom stereocenters. The lowest BCUT2D eigenvalue weighted by Crippen LogP contribution is -2.56. The zero-order valence-corrected chi connectivity index (χ0v) is 9.34. The van der Waals surface area contributed by atoms with Crippen LogP contribution < -0.4 is 5.73 Å². The van der Waals surface area contributed by atoms with Crippen LogP contribution in [0.1, 0.15) is 46.5 Å². The Bertz CT molecular complexity index is 150. The minimum atomic E-state index is 0.152. The van der Waals surface area contributed by atoms with Crippen LogP contribution in [0, 0.1) is 0 Å². The van der Waals surface area contributed by atoms with Crippen LogP contribution >= 0.6 is 0 Å². The van der Waals surface area contributed by atoms with Gasteiger partial charge in [0.25, 0.3) is 0 Å². The van der Waals surface area contributed by atoms with Gasteiger partial charge in [0.05, 0.1) is 0 Å². The van der Waals surface area contributed by atoms with Gasteiger partial charge in [-0.05, 0) is 46.1 Å². The number of hydrogen-bond donors (Lipinski definition) is 1. The molecule has 0 atom stereocenters. The number of nitrogens with two attached hydrogens (primary N) is 1. The first kappa shape index (κ1) is 11.0. The first-order chi connectivity index (χ1) is 6.07. The molecule has 0 amide bonds. The molecule has 0 bridgehead atoms. The quantitative estimate of drug-likeness (QED) is 0.708. The lowest BCUT2D eigenvalue weighted by atomic mass is 9.77. The fourth-order valence-corrected chi connectivity index (χ4v) is 2.00. The molecule has 0 aromatic rings. The first-order valence-corrected chi connectivity index (χ1v) is 5.60. The van der Waals surface area contributed by atoms with Gasteiger partial charge >= 0.3 is 0 Å². The minimum Gasteiger partial charge on any atom is -0.324 e. The predicted molar refractivity (Wildman–Crippen MR) is 57.8 cm³/mol. The van der Waals surface area contributed by atoms with E-state index < -0.39 is 0 Å². The fourth-order valence-electron chi connectivity index (χ4n) is 2.00. The van der Waals surface area contributed by atoms with Crippen molar-refractivity contribution < 1.29 is 0 Å². The van der Waals surface area contributed by atoms with Crippen molar-refractivity contribution in [3.8, 4) is 0 Å². The molecule has 2 nitrogen and oxygen atoms in total. The van der Waals surface area contributed by atoms with Crippen molar-refractivity contribution in [2.75, 3.05) is 13.1 Å². The number of rotatable bonds is 5. The zero-order chi connectivity index (χ0) is 9.90. The molecule has 0 radical (unpaired) electrons. The van der Waals surface area contributed by atoms with Crippen LogP contribution in [-0.2, 0) is 0 Å². The van der Waals surface area contributed by atoms with E-state index in [2.05, 4.69) is 25.7 Å². The van der Waals surface area contributed by atoms with Gasteiger partial charge in [-0.1, -0.05) is 6.92 Å². The highest BCUT2D eigenvalue weighted by Gasteiger charge is 2.34. The summed E-state index contributed by atoms with van der Waals surface area (Å²) in [6.45, 7) is 9.05. The van der Waals surface area contributed by atoms with E-state index >= 15 is 0 Å². The molecule has 0 heterocycles. The molecule has 1 fully saturated rings. The lowest BCUT2D eigenvalue weighted by molar-refractivity contribution is 0.120. The third-order valence-corrected chi connectivity index (χ3v) is 3.11. The summed E-state index contributed by atoms with van der Waals surface area (Å²) in [5.74, 6) is 0. The maximum Gasteiger partial charge on any atom is 0.0283 e. The third-order valence-electron chi connectivity index (χ3n) is 3.11. The molecule has 1 aliphatic carbocycles. The van der Waals surface area contributed by atoms with Gasteiger partial charge in [0.2, 0.25) is 0 Å². The first-order valence-electron chi connectivity index (χ1n) is 5.60. The maximum absolute atomic E-state index is 6.23. The molecular formula is C11H24N2. The molecule has 1 rings (SSSR count). The molecule has 0 spiro atoms. The van der Waals surface area contributed by atoms with Crippen LogP contribution in [0.15, 0.2) is 0 Å². The van der Waals surface area contributed by atoms with Gasteiger partial charge in [0.15, 0.2) is 0 Å². The molecule has 2 N–H and O–H groups in total. The second kappa shape index (κ2) is 4.43. The highest BCUT2D eigenvalue weighted by molar-refractivity contribution is 4.95. The standard InChI is InChI=1S/C11H24N2/c1-4-8-13(10(2)3)9-11(12)6-5-7-11/h10H,4-9,12H2,1-3H3. The van der Waals surface area contributed by atoms with Crippen LogP contribution in [0.5, 0.6) is 0 Å². The van der Waals surface area contributed by atoms with Crippen molar-refractivity contribution in [3.63, 3.8) is 0 Å². The highest BCUT2D eigenvalue weighted by atomic mass is 15.2. The monoisotopic (exact) mass is 184 g/mol.